The Morgan fingerprint density at radius 1 is 1.19 bits per heavy atom. The van der Waals surface area contributed by atoms with Gasteiger partial charge in [-0.05, 0) is 31.2 Å². The first-order chi connectivity index (χ1) is 12.5. The van der Waals surface area contributed by atoms with E-state index in [0.29, 0.717) is 11.4 Å². The molecule has 1 aromatic heterocycles. The Labute approximate surface area is 154 Å². The number of allylic oxidation sites excluding steroid dienone is 1. The number of imide groups is 1. The summed E-state index contributed by atoms with van der Waals surface area (Å²) in [5.41, 5.74) is 7.88. The van der Waals surface area contributed by atoms with Gasteiger partial charge in [0.15, 0.2) is 0 Å². The summed E-state index contributed by atoms with van der Waals surface area (Å²) in [6.45, 7) is 1.93. The van der Waals surface area contributed by atoms with Crippen LogP contribution in [0.4, 0.5) is 5.69 Å². The van der Waals surface area contributed by atoms with Crippen molar-refractivity contribution in [3.63, 3.8) is 0 Å². The number of anilines is 1. The third-order valence-electron chi connectivity index (χ3n) is 4.75. The van der Waals surface area contributed by atoms with Crippen molar-refractivity contribution < 1.29 is 14.0 Å². The topological polar surface area (TPSA) is 100 Å². The van der Waals surface area contributed by atoms with Gasteiger partial charge < -0.3 is 10.2 Å². The summed E-state index contributed by atoms with van der Waals surface area (Å²) in [5, 5.41) is 9.16. The van der Waals surface area contributed by atoms with Gasteiger partial charge in [0.1, 0.15) is 11.0 Å². The molecule has 3 atom stereocenters. The van der Waals surface area contributed by atoms with Crippen LogP contribution >= 0.6 is 11.8 Å². The number of hydrogen-bond donors (Lipinski definition) is 1. The molecule has 2 aliphatic rings. The van der Waals surface area contributed by atoms with Crippen LogP contribution in [-0.4, -0.2) is 17.1 Å². The summed E-state index contributed by atoms with van der Waals surface area (Å²) in [5.74, 6) is -1.56. The van der Waals surface area contributed by atoms with Crippen LogP contribution in [0.2, 0.25) is 0 Å². The molecule has 2 amide bonds. The molecule has 0 radical (unpaired) electrons. The fraction of sp³-hybridized carbons (Fsp3) is 0.211. The fourth-order valence-electron chi connectivity index (χ4n) is 3.50. The van der Waals surface area contributed by atoms with Gasteiger partial charge in [-0.2, -0.15) is 5.26 Å². The number of aryl methyl sites for hydroxylation is 1. The van der Waals surface area contributed by atoms with E-state index in [4.69, 9.17) is 10.2 Å². The minimum atomic E-state index is -0.720. The van der Waals surface area contributed by atoms with Gasteiger partial charge in [0.25, 0.3) is 0 Å². The Morgan fingerprint density at radius 2 is 1.92 bits per heavy atom. The van der Waals surface area contributed by atoms with E-state index in [1.807, 2.05) is 19.1 Å². The number of amides is 2. The van der Waals surface area contributed by atoms with Crippen molar-refractivity contribution in [1.82, 2.24) is 0 Å². The van der Waals surface area contributed by atoms with Gasteiger partial charge in [0.05, 0.1) is 40.5 Å². The second-order valence-electron chi connectivity index (χ2n) is 6.29. The van der Waals surface area contributed by atoms with Crippen LogP contribution in [0.15, 0.2) is 57.7 Å². The third kappa shape index (κ3) is 2.34. The summed E-state index contributed by atoms with van der Waals surface area (Å²) >= 11 is 1.09. The van der Waals surface area contributed by atoms with Crippen molar-refractivity contribution in [2.45, 2.75) is 18.1 Å². The maximum atomic E-state index is 13.2. The number of furan rings is 1. The zero-order valence-corrected chi connectivity index (χ0v) is 14.7. The van der Waals surface area contributed by atoms with Crippen molar-refractivity contribution in [2.24, 2.45) is 11.7 Å². The molecule has 0 saturated carbocycles. The molecule has 26 heavy (non-hydrogen) atoms. The molecule has 3 heterocycles. The Kier molecular flexibility index (Phi) is 3.85. The zero-order valence-electron chi connectivity index (χ0n) is 13.9. The number of nitrogens with zero attached hydrogens (tertiary/aromatic N) is 2. The van der Waals surface area contributed by atoms with E-state index < -0.39 is 17.1 Å². The van der Waals surface area contributed by atoms with Crippen molar-refractivity contribution in [1.29, 1.82) is 5.26 Å². The summed E-state index contributed by atoms with van der Waals surface area (Å²) in [6, 6.07) is 12.7. The van der Waals surface area contributed by atoms with Gasteiger partial charge in [-0.15, -0.1) is 0 Å². The molecule has 2 aromatic rings. The van der Waals surface area contributed by atoms with Crippen LogP contribution in [0.25, 0.3) is 0 Å². The monoisotopic (exact) mass is 365 g/mol. The highest BCUT2D eigenvalue weighted by Crippen LogP contribution is 2.50. The largest absolute Gasteiger partial charge is 0.469 e. The number of fused-ring (bicyclic) bond motifs is 1. The number of nitriles is 1. The maximum absolute atomic E-state index is 13.2. The van der Waals surface area contributed by atoms with Gasteiger partial charge in [0, 0.05) is 0 Å². The lowest BCUT2D eigenvalue weighted by Gasteiger charge is -2.28. The van der Waals surface area contributed by atoms with Crippen LogP contribution in [0, 0.1) is 24.2 Å². The molecule has 130 valence electrons. The predicted octanol–water partition coefficient (Wildman–Crippen LogP) is 2.67. The number of carbonyl (C=O) groups is 2. The summed E-state index contributed by atoms with van der Waals surface area (Å²) in [6.07, 6.45) is 1.48. The highest BCUT2D eigenvalue weighted by molar-refractivity contribution is 8.04. The number of carbonyl (C=O) groups excluding carboxylic acids is 2. The molecule has 0 aliphatic carbocycles. The van der Waals surface area contributed by atoms with Crippen LogP contribution in [0.3, 0.4) is 0 Å². The van der Waals surface area contributed by atoms with E-state index in [0.717, 1.165) is 17.3 Å². The average Bonchev–Trinajstić information content (AvgIpc) is 3.23. The SMILES string of the molecule is Cc1ccc(N2C(=O)C3SC(N)=C(C#N)C(c4ccco4)C3C2=O)cc1. The van der Waals surface area contributed by atoms with Crippen molar-refractivity contribution >= 4 is 29.3 Å². The maximum Gasteiger partial charge on any atom is 0.248 e. The lowest BCUT2D eigenvalue weighted by Crippen LogP contribution is -2.33. The first kappa shape index (κ1) is 16.5. The van der Waals surface area contributed by atoms with Gasteiger partial charge in [-0.1, -0.05) is 29.5 Å². The average molecular weight is 365 g/mol. The highest BCUT2D eigenvalue weighted by Gasteiger charge is 2.56. The number of nitrogens with two attached hydrogens (primary N) is 1. The van der Waals surface area contributed by atoms with Crippen LogP contribution in [0.5, 0.6) is 0 Å². The molecule has 1 aromatic carbocycles. The predicted molar refractivity (Wildman–Crippen MR) is 96.8 cm³/mol. The molecular formula is C19H15N3O3S. The molecule has 1 fully saturated rings. The van der Waals surface area contributed by atoms with E-state index in [1.165, 1.54) is 11.2 Å². The lowest BCUT2D eigenvalue weighted by molar-refractivity contribution is -0.122. The van der Waals surface area contributed by atoms with Crippen LogP contribution in [-0.2, 0) is 9.59 Å². The second kappa shape index (κ2) is 6.07. The number of rotatable bonds is 2. The second-order valence-corrected chi connectivity index (χ2v) is 7.48. The van der Waals surface area contributed by atoms with Crippen LogP contribution in [0.1, 0.15) is 17.2 Å². The van der Waals surface area contributed by atoms with E-state index in [9.17, 15) is 14.9 Å². The van der Waals surface area contributed by atoms with E-state index in [-0.39, 0.29) is 22.4 Å². The molecular weight excluding hydrogens is 350 g/mol. The number of thioether (sulfide) groups is 1. The number of benzene rings is 1. The summed E-state index contributed by atoms with van der Waals surface area (Å²) < 4.78 is 5.47. The molecule has 2 N–H and O–H groups in total. The molecule has 1 saturated heterocycles. The Bertz CT molecular complexity index is 957. The minimum Gasteiger partial charge on any atom is -0.469 e. The molecule has 4 rings (SSSR count). The van der Waals surface area contributed by atoms with Gasteiger partial charge in [-0.25, -0.2) is 4.90 Å². The van der Waals surface area contributed by atoms with Gasteiger partial charge in [0.2, 0.25) is 11.8 Å². The normalized spacial score (nSPS) is 25.4. The Balaban J connectivity index is 1.82. The first-order valence-corrected chi connectivity index (χ1v) is 8.95. The van der Waals surface area contributed by atoms with Gasteiger partial charge >= 0.3 is 0 Å². The van der Waals surface area contributed by atoms with Gasteiger partial charge in [-0.3, -0.25) is 9.59 Å². The standard InChI is InChI=1S/C19H15N3O3S/c1-10-4-6-11(7-5-10)22-18(23)15-14(13-3-2-8-25-13)12(9-20)17(21)26-16(15)19(22)24/h2-8,14-16H,21H2,1H3. The molecule has 7 heteroatoms. The van der Waals surface area contributed by atoms with E-state index >= 15 is 0 Å². The molecule has 6 nitrogen and oxygen atoms in total. The Hall–Kier alpha value is -2.98. The van der Waals surface area contributed by atoms with Crippen LogP contribution < -0.4 is 10.6 Å². The first-order valence-electron chi connectivity index (χ1n) is 8.07. The van der Waals surface area contributed by atoms with Crippen molar-refractivity contribution in [2.75, 3.05) is 4.90 Å². The quantitative estimate of drug-likeness (QED) is 0.821. The van der Waals surface area contributed by atoms with E-state index in [1.54, 1.807) is 24.3 Å². The molecule has 0 bridgehead atoms. The smallest absolute Gasteiger partial charge is 0.248 e. The Morgan fingerprint density at radius 3 is 2.54 bits per heavy atom. The molecule has 2 aliphatic heterocycles. The summed E-state index contributed by atoms with van der Waals surface area (Å²) in [4.78, 5) is 27.4. The molecule has 3 unspecified atom stereocenters. The lowest BCUT2D eigenvalue weighted by atomic mass is 9.82. The zero-order chi connectivity index (χ0) is 18.4. The highest BCUT2D eigenvalue weighted by atomic mass is 32.2. The third-order valence-corrected chi connectivity index (χ3v) is 5.97. The fourth-order valence-corrected chi connectivity index (χ4v) is 4.70. The van der Waals surface area contributed by atoms with Crippen molar-refractivity contribution in [3.8, 4) is 6.07 Å². The molecule has 0 spiro atoms. The summed E-state index contributed by atoms with van der Waals surface area (Å²) in [7, 11) is 0. The van der Waals surface area contributed by atoms with E-state index in [2.05, 4.69) is 6.07 Å². The minimum absolute atomic E-state index is 0.266. The number of hydrogen-bond acceptors (Lipinski definition) is 6. The van der Waals surface area contributed by atoms with Crippen molar-refractivity contribution in [3.05, 3.63) is 64.6 Å².